The smallest absolute Gasteiger partial charge is 0.423 e. The lowest BCUT2D eigenvalue weighted by molar-refractivity contribution is 0.426. The van der Waals surface area contributed by atoms with Crippen molar-refractivity contribution in [2.24, 2.45) is 0 Å². The number of rotatable bonds is 5. The third-order valence-corrected chi connectivity index (χ3v) is 20.4. The third-order valence-electron chi connectivity index (χ3n) is 19.3. The molecule has 95 heavy (non-hydrogen) atoms. The molecule has 0 amide bonds. The maximum Gasteiger partial charge on any atom is 0.489 e. The molecular weight excluding hydrogens is 1280 g/mol. The van der Waals surface area contributed by atoms with Gasteiger partial charge in [-0.2, -0.15) is 0 Å². The molecule has 19 rings (SSSR count). The van der Waals surface area contributed by atoms with Crippen LogP contribution in [0.5, 0.6) is 0 Å². The molecule has 0 aliphatic carbocycles. The minimum atomic E-state index is -1.50. The molecular formula is C90H57BBr2O2. The van der Waals surface area contributed by atoms with Crippen LogP contribution in [0.1, 0.15) is 0 Å². The van der Waals surface area contributed by atoms with E-state index in [4.69, 9.17) is 0 Å². The van der Waals surface area contributed by atoms with Gasteiger partial charge in [0.2, 0.25) is 0 Å². The van der Waals surface area contributed by atoms with Crippen LogP contribution in [0, 0.1) is 0 Å². The Morgan fingerprint density at radius 1 is 0.179 bits per heavy atom. The lowest BCUT2D eigenvalue weighted by Crippen LogP contribution is -2.30. The molecule has 0 radical (unpaired) electrons. The lowest BCUT2D eigenvalue weighted by atomic mass is 9.75. The average Bonchev–Trinajstić information content (AvgIpc) is 0.742. The first-order valence-corrected chi connectivity index (χ1v) is 33.7. The zero-order valence-electron chi connectivity index (χ0n) is 51.5. The first-order valence-electron chi connectivity index (χ1n) is 32.1. The van der Waals surface area contributed by atoms with Crippen molar-refractivity contribution in [3.8, 4) is 44.5 Å². The molecule has 446 valence electrons. The van der Waals surface area contributed by atoms with Gasteiger partial charge in [-0.15, -0.1) is 0 Å². The molecule has 2 N–H and O–H groups in total. The molecule has 0 heterocycles. The summed E-state index contributed by atoms with van der Waals surface area (Å²) < 4.78 is 2.22. The number of hydrogen-bond donors (Lipinski definition) is 2. The highest BCUT2D eigenvalue weighted by molar-refractivity contribution is 9.10. The Morgan fingerprint density at radius 2 is 0.368 bits per heavy atom. The molecule has 19 aromatic rings. The summed E-state index contributed by atoms with van der Waals surface area (Å²) in [6.07, 6.45) is 0. The van der Waals surface area contributed by atoms with E-state index >= 15 is 0 Å². The number of hydrogen-bond acceptors (Lipinski definition) is 2. The van der Waals surface area contributed by atoms with E-state index in [9.17, 15) is 10.0 Å². The van der Waals surface area contributed by atoms with Gasteiger partial charge in [0.25, 0.3) is 0 Å². The van der Waals surface area contributed by atoms with Crippen molar-refractivity contribution in [2.45, 2.75) is 0 Å². The molecule has 0 aromatic heterocycles. The molecule has 0 aliphatic rings. The van der Waals surface area contributed by atoms with Crippen LogP contribution >= 0.6 is 31.9 Å². The fraction of sp³-hybridized carbons (Fsp3) is 0. The van der Waals surface area contributed by atoms with Crippen LogP contribution in [0.15, 0.2) is 343 Å². The summed E-state index contributed by atoms with van der Waals surface area (Å²) >= 11 is 6.84. The van der Waals surface area contributed by atoms with E-state index in [-0.39, 0.29) is 0 Å². The van der Waals surface area contributed by atoms with E-state index < -0.39 is 7.12 Å². The first kappa shape index (κ1) is 58.1. The second kappa shape index (κ2) is 24.3. The maximum atomic E-state index is 9.92. The van der Waals surface area contributed by atoms with E-state index in [1.807, 2.05) is 36.4 Å². The van der Waals surface area contributed by atoms with Crippen LogP contribution in [-0.4, -0.2) is 17.2 Å². The van der Waals surface area contributed by atoms with Crippen LogP contribution in [0.4, 0.5) is 0 Å². The Kier molecular flexibility index (Phi) is 14.9. The van der Waals surface area contributed by atoms with Crippen LogP contribution in [0.25, 0.3) is 174 Å². The van der Waals surface area contributed by atoms with Gasteiger partial charge in [0.15, 0.2) is 0 Å². The van der Waals surface area contributed by atoms with E-state index in [2.05, 4.69) is 329 Å². The van der Waals surface area contributed by atoms with Crippen LogP contribution < -0.4 is 5.46 Å². The summed E-state index contributed by atoms with van der Waals surface area (Å²) in [6.45, 7) is 0. The summed E-state index contributed by atoms with van der Waals surface area (Å²) in [6, 6.07) is 120. The van der Waals surface area contributed by atoms with Crippen molar-refractivity contribution in [2.75, 3.05) is 0 Å². The van der Waals surface area contributed by atoms with Gasteiger partial charge in [0.05, 0.1) is 0 Å². The predicted molar refractivity (Wildman–Crippen MR) is 416 cm³/mol. The van der Waals surface area contributed by atoms with Gasteiger partial charge in [-0.05, 0) is 216 Å². The zero-order chi connectivity index (χ0) is 63.7. The molecule has 2 nitrogen and oxygen atoms in total. The third kappa shape index (κ3) is 10.2. The minimum Gasteiger partial charge on any atom is -0.423 e. The van der Waals surface area contributed by atoms with E-state index in [1.165, 1.54) is 147 Å². The summed E-state index contributed by atoms with van der Waals surface area (Å²) in [5.41, 5.74) is 10.4. The average molecular weight is 1340 g/mol. The molecule has 0 saturated carbocycles. The fourth-order valence-corrected chi connectivity index (χ4v) is 15.5. The molecule has 0 saturated heterocycles. The minimum absolute atomic E-state index is 0.545. The molecule has 0 unspecified atom stereocenters. The Balaban J connectivity index is 0.000000143. The van der Waals surface area contributed by atoms with Crippen molar-refractivity contribution in [3.05, 3.63) is 343 Å². The second-order valence-electron chi connectivity index (χ2n) is 24.5. The van der Waals surface area contributed by atoms with Crippen LogP contribution in [0.2, 0.25) is 0 Å². The fourth-order valence-electron chi connectivity index (χ4n) is 15.0. The van der Waals surface area contributed by atoms with Gasteiger partial charge in [-0.1, -0.05) is 329 Å². The quantitative estimate of drug-likeness (QED) is 0.133. The topological polar surface area (TPSA) is 40.5 Å². The molecule has 0 atom stereocenters. The summed E-state index contributed by atoms with van der Waals surface area (Å²) in [5.74, 6) is 0. The van der Waals surface area contributed by atoms with Gasteiger partial charge in [-0.25, -0.2) is 0 Å². The van der Waals surface area contributed by atoms with Crippen molar-refractivity contribution in [1.82, 2.24) is 0 Å². The number of benzene rings is 19. The Labute approximate surface area is 566 Å². The molecule has 19 aromatic carbocycles. The Bertz CT molecular complexity index is 5960. The highest BCUT2D eigenvalue weighted by Gasteiger charge is 2.21. The normalized spacial score (nSPS) is 11.6. The SMILES string of the molecule is Brc1ccc(-c2ccc(Br)cc2)cc1.OB(O)c1cc2c3ccccc3c3ccccc3c2c2ccccc12.c1ccc2c(c1)c(-c1ccc(-c3ccc(-c4cc5c6ccccc6c6ccccc6c5c5ccccc45)cc3)cc1)cc1c3ccccc3c3ccccc3c21. The van der Waals surface area contributed by atoms with Crippen molar-refractivity contribution < 1.29 is 10.0 Å². The van der Waals surface area contributed by atoms with E-state index in [0.717, 1.165) is 35.9 Å². The summed E-state index contributed by atoms with van der Waals surface area (Å²) in [5, 5.41) is 49.5. The number of fused-ring (bicyclic) bond motifs is 24. The summed E-state index contributed by atoms with van der Waals surface area (Å²) in [4.78, 5) is 0. The predicted octanol–water partition coefficient (Wildman–Crippen LogP) is 24.8. The Morgan fingerprint density at radius 3 is 0.653 bits per heavy atom. The van der Waals surface area contributed by atoms with E-state index in [1.54, 1.807) is 0 Å². The largest absolute Gasteiger partial charge is 0.489 e. The summed E-state index contributed by atoms with van der Waals surface area (Å²) in [7, 11) is -1.50. The van der Waals surface area contributed by atoms with Crippen molar-refractivity contribution >= 4 is 174 Å². The van der Waals surface area contributed by atoms with Gasteiger partial charge >= 0.3 is 7.12 Å². The molecule has 0 fully saturated rings. The monoisotopic (exact) mass is 1340 g/mol. The highest BCUT2D eigenvalue weighted by Crippen LogP contribution is 2.46. The number of halogens is 2. The maximum absolute atomic E-state index is 9.92. The molecule has 0 aliphatic heterocycles. The van der Waals surface area contributed by atoms with Crippen molar-refractivity contribution in [1.29, 1.82) is 0 Å². The van der Waals surface area contributed by atoms with Crippen molar-refractivity contribution in [3.63, 3.8) is 0 Å². The Hall–Kier alpha value is -10.8. The van der Waals surface area contributed by atoms with Gasteiger partial charge in [0, 0.05) is 8.95 Å². The molecule has 5 heteroatoms. The second-order valence-corrected chi connectivity index (χ2v) is 26.4. The van der Waals surface area contributed by atoms with Crippen LogP contribution in [-0.2, 0) is 0 Å². The lowest BCUT2D eigenvalue weighted by Gasteiger charge is -2.17. The van der Waals surface area contributed by atoms with E-state index in [0.29, 0.717) is 5.46 Å². The van der Waals surface area contributed by atoms with Gasteiger partial charge in [-0.3, -0.25) is 0 Å². The molecule has 0 bridgehead atoms. The first-order chi connectivity index (χ1) is 46.8. The standard InChI is InChI=1S/C56H34.C22H15BO2.C12H8Br2/c1-3-17-43-39(13-1)41-15-5-9-21-47(41)55-49-23-11-7-19-45(49)51(33-53(43)55)37-29-25-35(26-30-37)36-27-31-38(32-28-36)52-34-54-44-18-4-2-14-40(44)42-16-6-10-22-48(42)56(54)50-24-12-8-20-46(50)52;24-23(25)21-13-20-16-9-2-1-7-14(16)15-8-3-5-11-18(15)22(20)19-12-6-4-10-17(19)21;13-11-5-1-9(2-6-11)10-3-7-12(14)8-4-10/h1-34H;1-13,24-25H;1-8H. The molecule has 0 spiro atoms. The van der Waals surface area contributed by atoms with Gasteiger partial charge < -0.3 is 10.0 Å². The zero-order valence-corrected chi connectivity index (χ0v) is 54.7. The highest BCUT2D eigenvalue weighted by atomic mass is 79.9. The van der Waals surface area contributed by atoms with Crippen LogP contribution in [0.3, 0.4) is 0 Å². The van der Waals surface area contributed by atoms with Gasteiger partial charge in [0.1, 0.15) is 0 Å².